The molecule has 0 N–H and O–H groups in total. The maximum absolute atomic E-state index is 12.9. The average molecular weight is 525 g/mol. The normalized spacial score (nSPS) is 20.6. The Kier molecular flexibility index (Phi) is 7.66. The van der Waals surface area contributed by atoms with Gasteiger partial charge in [0.25, 0.3) is 0 Å². The summed E-state index contributed by atoms with van der Waals surface area (Å²) in [5.41, 5.74) is -0.181. The SMILES string of the molecule is C[C@@H]1CCN(C(=O)CC#N)CC1/C=[N+](\C)c1ncnc2c1ccn2C(=O)OC1CN(C(=O)OC(C)(C)C)C1. The van der Waals surface area contributed by atoms with Gasteiger partial charge in [-0.3, -0.25) is 4.79 Å². The van der Waals surface area contributed by atoms with Gasteiger partial charge in [0.05, 0.1) is 32.4 Å². The Morgan fingerprint density at radius 3 is 2.61 bits per heavy atom. The van der Waals surface area contributed by atoms with Crippen molar-refractivity contribution in [2.24, 2.45) is 11.8 Å². The van der Waals surface area contributed by atoms with Crippen molar-refractivity contribution in [3.63, 3.8) is 0 Å². The number of aromatic nitrogens is 3. The van der Waals surface area contributed by atoms with Gasteiger partial charge in [0.15, 0.2) is 5.65 Å². The molecule has 202 valence electrons. The number of likely N-dealkylation sites (tertiary alicyclic amines) is 2. The van der Waals surface area contributed by atoms with Crippen LogP contribution in [-0.4, -0.2) is 98.2 Å². The van der Waals surface area contributed by atoms with Crippen molar-refractivity contribution in [3.8, 4) is 6.07 Å². The summed E-state index contributed by atoms with van der Waals surface area (Å²) in [4.78, 5) is 49.2. The van der Waals surface area contributed by atoms with Crippen molar-refractivity contribution >= 4 is 41.2 Å². The first-order chi connectivity index (χ1) is 18.0. The molecule has 1 unspecified atom stereocenters. The Hall–Kier alpha value is -4.01. The summed E-state index contributed by atoms with van der Waals surface area (Å²) < 4.78 is 14.1. The summed E-state index contributed by atoms with van der Waals surface area (Å²) in [7, 11) is 1.87. The van der Waals surface area contributed by atoms with E-state index in [1.165, 1.54) is 15.8 Å². The quantitative estimate of drug-likeness (QED) is 0.440. The molecule has 0 aliphatic carbocycles. The highest BCUT2D eigenvalue weighted by molar-refractivity contribution is 5.91. The Balaban J connectivity index is 1.45. The van der Waals surface area contributed by atoms with Gasteiger partial charge in [0.2, 0.25) is 12.2 Å². The third kappa shape index (κ3) is 5.93. The molecule has 0 aromatic carbocycles. The summed E-state index contributed by atoms with van der Waals surface area (Å²) in [5.74, 6) is 0.901. The van der Waals surface area contributed by atoms with Crippen LogP contribution in [0.3, 0.4) is 0 Å². The number of nitriles is 1. The van der Waals surface area contributed by atoms with Gasteiger partial charge in [-0.05, 0) is 44.2 Å². The van der Waals surface area contributed by atoms with Gasteiger partial charge >= 0.3 is 18.0 Å². The van der Waals surface area contributed by atoms with E-state index in [9.17, 15) is 14.4 Å². The second kappa shape index (κ2) is 10.8. The molecule has 38 heavy (non-hydrogen) atoms. The van der Waals surface area contributed by atoms with E-state index in [0.717, 1.165) is 6.42 Å². The maximum Gasteiger partial charge on any atom is 0.420 e. The molecule has 4 rings (SSSR count). The lowest BCUT2D eigenvalue weighted by atomic mass is 9.87. The third-order valence-corrected chi connectivity index (χ3v) is 6.77. The van der Waals surface area contributed by atoms with Crippen LogP contribution in [0.1, 0.15) is 40.5 Å². The number of piperidine rings is 1. The largest absolute Gasteiger partial charge is 0.444 e. The molecule has 12 nitrogen and oxygen atoms in total. The first-order valence-corrected chi connectivity index (χ1v) is 12.7. The monoisotopic (exact) mass is 524 g/mol. The molecule has 0 radical (unpaired) electrons. The Bertz CT molecular complexity index is 1300. The van der Waals surface area contributed by atoms with Crippen molar-refractivity contribution in [1.82, 2.24) is 24.3 Å². The molecule has 0 bridgehead atoms. The van der Waals surface area contributed by atoms with Crippen LogP contribution >= 0.6 is 0 Å². The van der Waals surface area contributed by atoms with Crippen molar-refractivity contribution in [2.75, 3.05) is 33.2 Å². The van der Waals surface area contributed by atoms with Gasteiger partial charge in [0.1, 0.15) is 23.5 Å². The van der Waals surface area contributed by atoms with Crippen LogP contribution in [-0.2, 0) is 14.3 Å². The second-order valence-corrected chi connectivity index (χ2v) is 10.9. The van der Waals surface area contributed by atoms with E-state index in [1.807, 2.05) is 23.9 Å². The molecule has 2 fully saturated rings. The maximum atomic E-state index is 12.9. The van der Waals surface area contributed by atoms with E-state index in [1.54, 1.807) is 37.9 Å². The fourth-order valence-electron chi connectivity index (χ4n) is 4.61. The summed E-state index contributed by atoms with van der Waals surface area (Å²) in [5, 5.41) is 9.55. The number of ether oxygens (including phenoxy) is 2. The predicted octanol–water partition coefficient (Wildman–Crippen LogP) is 2.78. The fraction of sp³-hybridized carbons (Fsp3) is 0.577. The van der Waals surface area contributed by atoms with Crippen LogP contribution in [0, 0.1) is 23.2 Å². The van der Waals surface area contributed by atoms with E-state index in [-0.39, 0.29) is 31.3 Å². The van der Waals surface area contributed by atoms with E-state index in [0.29, 0.717) is 35.9 Å². The van der Waals surface area contributed by atoms with Crippen LogP contribution in [0.4, 0.5) is 15.4 Å². The van der Waals surface area contributed by atoms with E-state index >= 15 is 0 Å². The zero-order valence-corrected chi connectivity index (χ0v) is 22.5. The molecule has 4 heterocycles. The molecule has 2 aromatic rings. The van der Waals surface area contributed by atoms with Gasteiger partial charge in [-0.2, -0.15) is 10.2 Å². The Morgan fingerprint density at radius 2 is 1.92 bits per heavy atom. The molecule has 2 aromatic heterocycles. The van der Waals surface area contributed by atoms with E-state index in [2.05, 4.69) is 16.9 Å². The minimum Gasteiger partial charge on any atom is -0.444 e. The highest BCUT2D eigenvalue weighted by atomic mass is 16.6. The van der Waals surface area contributed by atoms with Gasteiger partial charge in [-0.25, -0.2) is 18.7 Å². The molecule has 2 aliphatic rings. The molecule has 0 spiro atoms. The number of hydrogen-bond donors (Lipinski definition) is 0. The van der Waals surface area contributed by atoms with Gasteiger partial charge < -0.3 is 19.3 Å². The zero-order chi connectivity index (χ0) is 27.6. The van der Waals surface area contributed by atoms with Crippen molar-refractivity contribution < 1.29 is 28.4 Å². The van der Waals surface area contributed by atoms with Crippen LogP contribution in [0.5, 0.6) is 0 Å². The minimum atomic E-state index is -0.589. The number of nitrogens with zero attached hydrogens (tertiary/aromatic N) is 7. The Labute approximate surface area is 221 Å². The number of amides is 2. The summed E-state index contributed by atoms with van der Waals surface area (Å²) >= 11 is 0. The lowest BCUT2D eigenvalue weighted by molar-refractivity contribution is -0.405. The number of carbonyl (C=O) groups excluding carboxylic acids is 3. The van der Waals surface area contributed by atoms with Gasteiger partial charge in [0, 0.05) is 25.2 Å². The van der Waals surface area contributed by atoms with Crippen molar-refractivity contribution in [3.05, 3.63) is 18.6 Å². The third-order valence-electron chi connectivity index (χ3n) is 6.77. The number of fused-ring (bicyclic) bond motifs is 1. The van der Waals surface area contributed by atoms with Gasteiger partial charge in [-0.15, -0.1) is 0 Å². The van der Waals surface area contributed by atoms with Crippen molar-refractivity contribution in [2.45, 2.75) is 52.2 Å². The number of rotatable bonds is 4. The molecule has 2 amide bonds. The standard InChI is InChI=1S/C26H34N7O5/c1-17-7-10-31(21(34)6-9-27)13-18(17)12-30(5)22-20-8-11-33(23(20)29-16-28-22)25(36)37-19-14-32(15-19)24(35)38-26(2,3)4/h8,11-12,16-19H,6-7,10,13-15H2,1-5H3/q+1/b30-12+/t17-,18?/m1/s1. The summed E-state index contributed by atoms with van der Waals surface area (Å²) in [6.07, 6.45) is 4.31. The van der Waals surface area contributed by atoms with Crippen LogP contribution in [0.15, 0.2) is 18.6 Å². The lowest BCUT2D eigenvalue weighted by Gasteiger charge is -2.38. The summed E-state index contributed by atoms with van der Waals surface area (Å²) in [6.45, 7) is 9.27. The molecule has 2 saturated heterocycles. The van der Waals surface area contributed by atoms with Crippen LogP contribution in [0.2, 0.25) is 0 Å². The Morgan fingerprint density at radius 1 is 1.18 bits per heavy atom. The first-order valence-electron chi connectivity index (χ1n) is 12.7. The smallest absolute Gasteiger partial charge is 0.420 e. The molecule has 2 atom stereocenters. The number of carbonyl (C=O) groups is 3. The summed E-state index contributed by atoms with van der Waals surface area (Å²) in [6, 6.07) is 3.69. The zero-order valence-electron chi connectivity index (χ0n) is 22.5. The average Bonchev–Trinajstić information content (AvgIpc) is 3.25. The van der Waals surface area contributed by atoms with E-state index in [4.69, 9.17) is 14.7 Å². The minimum absolute atomic E-state index is 0.0833. The van der Waals surface area contributed by atoms with E-state index < -0.39 is 23.9 Å². The van der Waals surface area contributed by atoms with Crippen molar-refractivity contribution in [1.29, 1.82) is 5.26 Å². The second-order valence-electron chi connectivity index (χ2n) is 10.9. The molecular weight excluding hydrogens is 490 g/mol. The molecule has 2 aliphatic heterocycles. The molecule has 0 saturated carbocycles. The van der Waals surface area contributed by atoms with Gasteiger partial charge in [-0.1, -0.05) is 6.92 Å². The predicted molar refractivity (Wildman–Crippen MR) is 137 cm³/mol. The number of hydrogen-bond acceptors (Lipinski definition) is 8. The lowest BCUT2D eigenvalue weighted by Crippen LogP contribution is -2.56. The van der Waals surface area contributed by atoms with Crippen LogP contribution in [0.25, 0.3) is 11.0 Å². The highest BCUT2D eigenvalue weighted by Crippen LogP contribution is 2.26. The molecule has 12 heteroatoms. The topological polar surface area (TPSA) is 134 Å². The first kappa shape index (κ1) is 27.0. The molecular formula is C26H34N7O5+. The van der Waals surface area contributed by atoms with Crippen LogP contribution < -0.4 is 0 Å². The highest BCUT2D eigenvalue weighted by Gasteiger charge is 2.37. The fourth-order valence-corrected chi connectivity index (χ4v) is 4.61.